The van der Waals surface area contributed by atoms with Gasteiger partial charge >= 0.3 is 0 Å². The van der Waals surface area contributed by atoms with Crippen LogP contribution in [0, 0.1) is 5.92 Å². The summed E-state index contributed by atoms with van der Waals surface area (Å²) in [6.45, 7) is 2.70. The van der Waals surface area contributed by atoms with Gasteiger partial charge in [-0.25, -0.2) is 12.7 Å². The van der Waals surface area contributed by atoms with Crippen molar-refractivity contribution in [1.82, 2.24) is 14.2 Å². The summed E-state index contributed by atoms with van der Waals surface area (Å²) in [6.07, 6.45) is 5.11. The Labute approximate surface area is 143 Å². The SMILES string of the molecule is COc1ccnc(CN2C[C@H]3CC[C@@H]2CN(S(C)(=O)=O)C3)c1OC. The van der Waals surface area contributed by atoms with Crippen LogP contribution in [0.25, 0.3) is 0 Å². The van der Waals surface area contributed by atoms with E-state index in [0.29, 0.717) is 37.1 Å². The average molecular weight is 355 g/mol. The standard InChI is InChI=1S/C16H25N3O4S/c1-22-15-6-7-17-14(16(15)23-2)11-18-8-12-4-5-13(18)10-19(9-12)24(3,20)21/h6-7,12-13H,4-5,8-11H2,1-3H3/t12-,13-/m1/s1. The molecule has 0 radical (unpaired) electrons. The molecule has 0 aliphatic carbocycles. The Morgan fingerprint density at radius 3 is 2.67 bits per heavy atom. The zero-order chi connectivity index (χ0) is 17.3. The number of hydrogen-bond donors (Lipinski definition) is 0. The number of nitrogens with zero attached hydrogens (tertiary/aromatic N) is 3. The molecule has 8 heteroatoms. The Balaban J connectivity index is 1.82. The van der Waals surface area contributed by atoms with Crippen LogP contribution in [-0.4, -0.2) is 68.8 Å². The maximum Gasteiger partial charge on any atom is 0.211 e. The average Bonchev–Trinajstić information content (AvgIpc) is 2.86. The van der Waals surface area contributed by atoms with Crippen molar-refractivity contribution in [2.75, 3.05) is 40.1 Å². The van der Waals surface area contributed by atoms with E-state index in [1.54, 1.807) is 30.8 Å². The Bertz CT molecular complexity index is 695. The number of ether oxygens (including phenoxy) is 2. The zero-order valence-electron chi connectivity index (χ0n) is 14.4. The van der Waals surface area contributed by atoms with E-state index in [-0.39, 0.29) is 6.04 Å². The normalized spacial score (nSPS) is 25.5. The predicted octanol–water partition coefficient (Wildman–Crippen LogP) is 0.955. The fraction of sp³-hybridized carbons (Fsp3) is 0.688. The van der Waals surface area contributed by atoms with E-state index in [1.165, 1.54) is 6.26 Å². The molecule has 2 atom stereocenters. The van der Waals surface area contributed by atoms with Crippen molar-refractivity contribution in [3.8, 4) is 11.5 Å². The summed E-state index contributed by atoms with van der Waals surface area (Å²) in [5.74, 6) is 1.69. The van der Waals surface area contributed by atoms with E-state index in [1.807, 2.05) is 0 Å². The Morgan fingerprint density at radius 1 is 1.21 bits per heavy atom. The molecule has 1 aromatic heterocycles. The lowest BCUT2D eigenvalue weighted by molar-refractivity contribution is 0.122. The third-order valence-corrected chi connectivity index (χ3v) is 6.22. The van der Waals surface area contributed by atoms with Gasteiger partial charge in [0.2, 0.25) is 10.0 Å². The van der Waals surface area contributed by atoms with Gasteiger partial charge in [-0.2, -0.15) is 0 Å². The molecule has 4 rings (SSSR count). The molecule has 7 nitrogen and oxygen atoms in total. The lowest BCUT2D eigenvalue weighted by atomic mass is 9.95. The molecule has 134 valence electrons. The number of aromatic nitrogens is 1. The molecule has 3 aliphatic rings. The van der Waals surface area contributed by atoms with Crippen LogP contribution < -0.4 is 9.47 Å². The maximum absolute atomic E-state index is 12.0. The van der Waals surface area contributed by atoms with Crippen LogP contribution in [-0.2, 0) is 16.6 Å². The van der Waals surface area contributed by atoms with Crippen molar-refractivity contribution in [1.29, 1.82) is 0 Å². The fourth-order valence-corrected chi connectivity index (χ4v) is 4.68. The van der Waals surface area contributed by atoms with E-state index < -0.39 is 10.0 Å². The highest BCUT2D eigenvalue weighted by molar-refractivity contribution is 7.88. The largest absolute Gasteiger partial charge is 0.493 e. The molecule has 0 spiro atoms. The number of sulfonamides is 1. The molecule has 3 saturated heterocycles. The second-order valence-electron chi connectivity index (χ2n) is 6.60. The summed E-state index contributed by atoms with van der Waals surface area (Å²) in [7, 11) is 0.0762. The molecule has 2 bridgehead atoms. The smallest absolute Gasteiger partial charge is 0.211 e. The van der Waals surface area contributed by atoms with Crippen LogP contribution in [0.2, 0.25) is 0 Å². The number of methoxy groups -OCH3 is 2. The molecule has 0 amide bonds. The molecule has 0 aromatic carbocycles. The minimum absolute atomic E-state index is 0.219. The number of rotatable bonds is 5. The third kappa shape index (κ3) is 3.50. The van der Waals surface area contributed by atoms with Gasteiger partial charge in [0.15, 0.2) is 11.5 Å². The van der Waals surface area contributed by atoms with Gasteiger partial charge in [-0.15, -0.1) is 0 Å². The lowest BCUT2D eigenvalue weighted by Gasteiger charge is -2.36. The van der Waals surface area contributed by atoms with Crippen molar-refractivity contribution in [2.24, 2.45) is 5.92 Å². The summed E-state index contributed by atoms with van der Waals surface area (Å²) >= 11 is 0. The second-order valence-corrected chi connectivity index (χ2v) is 8.58. The minimum atomic E-state index is -3.15. The highest BCUT2D eigenvalue weighted by Crippen LogP contribution is 2.34. The molecule has 0 unspecified atom stereocenters. The predicted molar refractivity (Wildman–Crippen MR) is 90.7 cm³/mol. The highest BCUT2D eigenvalue weighted by Gasteiger charge is 2.38. The fourth-order valence-electron chi connectivity index (χ4n) is 3.76. The van der Waals surface area contributed by atoms with Crippen molar-refractivity contribution < 1.29 is 17.9 Å². The van der Waals surface area contributed by atoms with Gasteiger partial charge in [-0.3, -0.25) is 9.88 Å². The second kappa shape index (κ2) is 6.85. The van der Waals surface area contributed by atoms with E-state index in [0.717, 1.165) is 25.1 Å². The van der Waals surface area contributed by atoms with Crippen LogP contribution in [0.5, 0.6) is 11.5 Å². The van der Waals surface area contributed by atoms with Gasteiger partial charge in [0.1, 0.15) is 5.69 Å². The van der Waals surface area contributed by atoms with Crippen LogP contribution in [0.1, 0.15) is 18.5 Å². The first-order chi connectivity index (χ1) is 11.4. The molecule has 0 N–H and O–H groups in total. The van der Waals surface area contributed by atoms with E-state index >= 15 is 0 Å². The van der Waals surface area contributed by atoms with Gasteiger partial charge in [-0.05, 0) is 18.8 Å². The van der Waals surface area contributed by atoms with Gasteiger partial charge in [0.05, 0.1) is 20.5 Å². The quantitative estimate of drug-likeness (QED) is 0.783. The molecular formula is C16H25N3O4S. The van der Waals surface area contributed by atoms with E-state index in [4.69, 9.17) is 9.47 Å². The lowest BCUT2D eigenvalue weighted by Crippen LogP contribution is -2.44. The number of fused-ring (bicyclic) bond motifs is 4. The zero-order valence-corrected chi connectivity index (χ0v) is 15.3. The molecule has 0 saturated carbocycles. The third-order valence-electron chi connectivity index (χ3n) is 4.98. The maximum atomic E-state index is 12.0. The van der Waals surface area contributed by atoms with E-state index in [9.17, 15) is 8.42 Å². The summed E-state index contributed by atoms with van der Waals surface area (Å²) in [5.41, 5.74) is 0.829. The topological polar surface area (TPSA) is 72.0 Å². The first-order valence-corrected chi connectivity index (χ1v) is 10.0. The monoisotopic (exact) mass is 355 g/mol. The molecular weight excluding hydrogens is 330 g/mol. The highest BCUT2D eigenvalue weighted by atomic mass is 32.2. The van der Waals surface area contributed by atoms with Crippen molar-refractivity contribution in [3.63, 3.8) is 0 Å². The van der Waals surface area contributed by atoms with Crippen LogP contribution in [0.4, 0.5) is 0 Å². The Hall–Kier alpha value is -1.38. The van der Waals surface area contributed by atoms with Gasteiger partial charge in [-0.1, -0.05) is 0 Å². The van der Waals surface area contributed by atoms with Gasteiger partial charge in [0, 0.05) is 44.5 Å². The molecule has 4 heterocycles. The molecule has 3 aliphatic heterocycles. The summed E-state index contributed by atoms with van der Waals surface area (Å²) in [6, 6.07) is 2.00. The Morgan fingerprint density at radius 2 is 2.00 bits per heavy atom. The van der Waals surface area contributed by atoms with Crippen LogP contribution >= 0.6 is 0 Å². The summed E-state index contributed by atoms with van der Waals surface area (Å²) in [4.78, 5) is 6.79. The number of pyridine rings is 1. The first-order valence-electron chi connectivity index (χ1n) is 8.17. The minimum Gasteiger partial charge on any atom is -0.493 e. The van der Waals surface area contributed by atoms with Gasteiger partial charge in [0.25, 0.3) is 0 Å². The first kappa shape index (κ1) is 17.4. The number of piperidine rings is 1. The van der Waals surface area contributed by atoms with Crippen LogP contribution in [0.15, 0.2) is 12.3 Å². The number of hydrogen-bond acceptors (Lipinski definition) is 6. The molecule has 1 aromatic rings. The van der Waals surface area contributed by atoms with E-state index in [2.05, 4.69) is 9.88 Å². The van der Waals surface area contributed by atoms with Crippen molar-refractivity contribution in [3.05, 3.63) is 18.0 Å². The van der Waals surface area contributed by atoms with Crippen molar-refractivity contribution >= 4 is 10.0 Å². The summed E-state index contributed by atoms with van der Waals surface area (Å²) < 4.78 is 36.4. The Kier molecular flexibility index (Phi) is 4.98. The molecule has 3 fully saturated rings. The van der Waals surface area contributed by atoms with Gasteiger partial charge < -0.3 is 9.47 Å². The van der Waals surface area contributed by atoms with Crippen molar-refractivity contribution in [2.45, 2.75) is 25.4 Å². The summed E-state index contributed by atoms with van der Waals surface area (Å²) in [5, 5.41) is 0. The van der Waals surface area contributed by atoms with Crippen LogP contribution in [0.3, 0.4) is 0 Å². The molecule has 24 heavy (non-hydrogen) atoms.